The van der Waals surface area contributed by atoms with Crippen LogP contribution in [0.3, 0.4) is 0 Å². The summed E-state index contributed by atoms with van der Waals surface area (Å²) in [5.41, 5.74) is 1.32. The van der Waals surface area contributed by atoms with E-state index in [0.717, 1.165) is 6.42 Å². The minimum absolute atomic E-state index is 0.142. The molecule has 1 aliphatic rings. The summed E-state index contributed by atoms with van der Waals surface area (Å²) in [6, 6.07) is 0. The van der Waals surface area contributed by atoms with E-state index in [1.165, 1.54) is 24.8 Å². The van der Waals surface area contributed by atoms with Crippen molar-refractivity contribution in [1.82, 2.24) is 0 Å². The summed E-state index contributed by atoms with van der Waals surface area (Å²) < 4.78 is 0. The van der Waals surface area contributed by atoms with E-state index in [2.05, 4.69) is 6.58 Å². The lowest BCUT2D eigenvalue weighted by Crippen LogP contribution is -2.20. The molecule has 2 unspecified atom stereocenters. The molecular formula is C9H16O. The summed E-state index contributed by atoms with van der Waals surface area (Å²) in [6.07, 6.45) is 4.46. The summed E-state index contributed by atoms with van der Waals surface area (Å²) in [6.45, 7) is 5.81. The van der Waals surface area contributed by atoms with Gasteiger partial charge < -0.3 is 5.11 Å². The standard InChI is InChI=1S/C9H16O/c1-7-4-3-5-9(6-7)8(2)10/h8-10H,1,3-6H2,2H3. The van der Waals surface area contributed by atoms with Crippen LogP contribution in [-0.2, 0) is 0 Å². The molecule has 58 valence electrons. The van der Waals surface area contributed by atoms with Crippen molar-refractivity contribution in [3.63, 3.8) is 0 Å². The Morgan fingerprint density at radius 2 is 2.40 bits per heavy atom. The van der Waals surface area contributed by atoms with Crippen LogP contribution >= 0.6 is 0 Å². The zero-order valence-corrected chi connectivity index (χ0v) is 6.64. The molecule has 0 bridgehead atoms. The molecule has 0 radical (unpaired) electrons. The molecule has 1 saturated carbocycles. The fraction of sp³-hybridized carbons (Fsp3) is 0.778. The molecule has 10 heavy (non-hydrogen) atoms. The fourth-order valence-corrected chi connectivity index (χ4v) is 1.60. The van der Waals surface area contributed by atoms with Crippen LogP contribution < -0.4 is 0 Å². The topological polar surface area (TPSA) is 20.2 Å². The third-order valence-electron chi connectivity index (χ3n) is 2.34. The van der Waals surface area contributed by atoms with Gasteiger partial charge in [-0.2, -0.15) is 0 Å². The van der Waals surface area contributed by atoms with E-state index in [9.17, 15) is 5.11 Å². The number of aliphatic hydroxyl groups is 1. The van der Waals surface area contributed by atoms with Gasteiger partial charge in [-0.1, -0.05) is 12.2 Å². The molecule has 1 fully saturated rings. The number of allylic oxidation sites excluding steroid dienone is 1. The van der Waals surface area contributed by atoms with Gasteiger partial charge in [-0.05, 0) is 38.5 Å². The highest BCUT2D eigenvalue weighted by Crippen LogP contribution is 2.29. The van der Waals surface area contributed by atoms with E-state index >= 15 is 0 Å². The number of rotatable bonds is 1. The van der Waals surface area contributed by atoms with Gasteiger partial charge >= 0.3 is 0 Å². The predicted octanol–water partition coefficient (Wildman–Crippen LogP) is 2.11. The van der Waals surface area contributed by atoms with Crippen molar-refractivity contribution in [1.29, 1.82) is 0 Å². The molecule has 1 aliphatic carbocycles. The highest BCUT2D eigenvalue weighted by molar-refractivity contribution is 4.99. The molecule has 0 amide bonds. The van der Waals surface area contributed by atoms with Gasteiger partial charge in [-0.15, -0.1) is 0 Å². The van der Waals surface area contributed by atoms with Crippen molar-refractivity contribution in [3.8, 4) is 0 Å². The van der Waals surface area contributed by atoms with Gasteiger partial charge in [0, 0.05) is 0 Å². The SMILES string of the molecule is C=C1CCCC(C(C)O)C1. The Bertz CT molecular complexity index is 127. The van der Waals surface area contributed by atoms with E-state index in [0.29, 0.717) is 5.92 Å². The molecule has 0 spiro atoms. The minimum atomic E-state index is -0.142. The van der Waals surface area contributed by atoms with Crippen LogP contribution in [0.5, 0.6) is 0 Å². The van der Waals surface area contributed by atoms with E-state index in [-0.39, 0.29) is 6.10 Å². The number of hydrogen-bond donors (Lipinski definition) is 1. The largest absolute Gasteiger partial charge is 0.393 e. The van der Waals surface area contributed by atoms with Crippen LogP contribution in [-0.4, -0.2) is 11.2 Å². The molecule has 0 aromatic heterocycles. The van der Waals surface area contributed by atoms with Crippen molar-refractivity contribution in [2.45, 2.75) is 38.7 Å². The molecule has 1 N–H and O–H groups in total. The third-order valence-corrected chi connectivity index (χ3v) is 2.34. The van der Waals surface area contributed by atoms with Crippen molar-refractivity contribution in [3.05, 3.63) is 12.2 Å². The maximum Gasteiger partial charge on any atom is 0.0543 e. The maximum absolute atomic E-state index is 9.25. The van der Waals surface area contributed by atoms with Crippen LogP contribution in [0.1, 0.15) is 32.6 Å². The van der Waals surface area contributed by atoms with E-state index in [1.807, 2.05) is 6.92 Å². The molecule has 0 saturated heterocycles. The Hall–Kier alpha value is -0.300. The molecule has 0 aromatic rings. The van der Waals surface area contributed by atoms with Crippen molar-refractivity contribution >= 4 is 0 Å². The normalized spacial score (nSPS) is 30.2. The monoisotopic (exact) mass is 140 g/mol. The lowest BCUT2D eigenvalue weighted by molar-refractivity contribution is 0.112. The molecule has 0 heterocycles. The predicted molar refractivity (Wildman–Crippen MR) is 42.8 cm³/mol. The average Bonchev–Trinajstić information content (AvgIpc) is 1.88. The average molecular weight is 140 g/mol. The van der Waals surface area contributed by atoms with Gasteiger partial charge in [0.25, 0.3) is 0 Å². The first-order chi connectivity index (χ1) is 4.70. The van der Waals surface area contributed by atoms with Gasteiger partial charge in [-0.3, -0.25) is 0 Å². The maximum atomic E-state index is 9.25. The Balaban J connectivity index is 2.39. The molecule has 0 aliphatic heterocycles. The molecular weight excluding hydrogens is 124 g/mol. The molecule has 1 nitrogen and oxygen atoms in total. The van der Waals surface area contributed by atoms with E-state index in [1.54, 1.807) is 0 Å². The first kappa shape index (κ1) is 7.80. The zero-order chi connectivity index (χ0) is 7.56. The zero-order valence-electron chi connectivity index (χ0n) is 6.64. The van der Waals surface area contributed by atoms with Gasteiger partial charge in [0.2, 0.25) is 0 Å². The lowest BCUT2D eigenvalue weighted by atomic mass is 9.83. The summed E-state index contributed by atoms with van der Waals surface area (Å²) in [7, 11) is 0. The van der Waals surface area contributed by atoms with Crippen LogP contribution in [0.15, 0.2) is 12.2 Å². The van der Waals surface area contributed by atoms with Crippen LogP contribution in [0.2, 0.25) is 0 Å². The smallest absolute Gasteiger partial charge is 0.0543 e. The van der Waals surface area contributed by atoms with E-state index < -0.39 is 0 Å². The van der Waals surface area contributed by atoms with Crippen molar-refractivity contribution < 1.29 is 5.11 Å². The van der Waals surface area contributed by atoms with E-state index in [4.69, 9.17) is 0 Å². The Kier molecular flexibility index (Phi) is 2.50. The lowest BCUT2D eigenvalue weighted by Gasteiger charge is -2.25. The first-order valence-electron chi connectivity index (χ1n) is 4.05. The van der Waals surface area contributed by atoms with Gasteiger partial charge in [0.15, 0.2) is 0 Å². The molecule has 0 aromatic carbocycles. The number of hydrogen-bond acceptors (Lipinski definition) is 1. The molecule has 2 atom stereocenters. The fourth-order valence-electron chi connectivity index (χ4n) is 1.60. The summed E-state index contributed by atoms with van der Waals surface area (Å²) >= 11 is 0. The molecule has 1 rings (SSSR count). The second-order valence-electron chi connectivity index (χ2n) is 3.35. The summed E-state index contributed by atoms with van der Waals surface area (Å²) in [4.78, 5) is 0. The van der Waals surface area contributed by atoms with Crippen molar-refractivity contribution in [2.75, 3.05) is 0 Å². The molecule has 1 heteroatoms. The highest BCUT2D eigenvalue weighted by Gasteiger charge is 2.19. The Morgan fingerprint density at radius 3 is 2.80 bits per heavy atom. The van der Waals surface area contributed by atoms with Gasteiger partial charge in [0.05, 0.1) is 6.10 Å². The number of aliphatic hydroxyl groups excluding tert-OH is 1. The van der Waals surface area contributed by atoms with Crippen LogP contribution in [0, 0.1) is 5.92 Å². The van der Waals surface area contributed by atoms with Gasteiger partial charge in [0.1, 0.15) is 0 Å². The second-order valence-corrected chi connectivity index (χ2v) is 3.35. The van der Waals surface area contributed by atoms with Crippen molar-refractivity contribution in [2.24, 2.45) is 5.92 Å². The Labute approximate surface area is 62.8 Å². The highest BCUT2D eigenvalue weighted by atomic mass is 16.3. The first-order valence-corrected chi connectivity index (χ1v) is 4.05. The summed E-state index contributed by atoms with van der Waals surface area (Å²) in [5, 5.41) is 9.25. The summed E-state index contributed by atoms with van der Waals surface area (Å²) in [5.74, 6) is 0.487. The van der Waals surface area contributed by atoms with Crippen LogP contribution in [0.4, 0.5) is 0 Å². The quantitative estimate of drug-likeness (QED) is 0.553. The Morgan fingerprint density at radius 1 is 1.70 bits per heavy atom. The van der Waals surface area contributed by atoms with Crippen LogP contribution in [0.25, 0.3) is 0 Å². The third kappa shape index (κ3) is 1.84. The second kappa shape index (κ2) is 3.20. The van der Waals surface area contributed by atoms with Gasteiger partial charge in [-0.25, -0.2) is 0 Å². The minimum Gasteiger partial charge on any atom is -0.393 e.